The van der Waals surface area contributed by atoms with Crippen LogP contribution in [0.2, 0.25) is 0 Å². The molecule has 0 heterocycles. The Morgan fingerprint density at radius 1 is 1.14 bits per heavy atom. The van der Waals surface area contributed by atoms with Crippen molar-refractivity contribution in [3.63, 3.8) is 0 Å². The molecule has 0 radical (unpaired) electrons. The van der Waals surface area contributed by atoms with Gasteiger partial charge in [-0.05, 0) is 23.8 Å². The van der Waals surface area contributed by atoms with Gasteiger partial charge < -0.3 is 0 Å². The number of nitro groups is 1. The Morgan fingerprint density at radius 2 is 1.86 bits per heavy atom. The van der Waals surface area contributed by atoms with E-state index in [1.807, 2.05) is 0 Å². The predicted molar refractivity (Wildman–Crippen MR) is 73.5 cm³/mol. The van der Waals surface area contributed by atoms with Crippen LogP contribution in [0.25, 0.3) is 0 Å². The van der Waals surface area contributed by atoms with Gasteiger partial charge in [-0.2, -0.15) is 0 Å². The molecule has 0 saturated heterocycles. The molecule has 21 heavy (non-hydrogen) atoms. The summed E-state index contributed by atoms with van der Waals surface area (Å²) in [4.78, 5) is 9.76. The molecule has 0 fully saturated rings. The second-order valence-electron chi connectivity index (χ2n) is 4.21. The normalized spacial score (nSPS) is 11.3. The zero-order valence-corrected chi connectivity index (χ0v) is 11.5. The smallest absolute Gasteiger partial charge is 0.258 e. The lowest BCUT2D eigenvalue weighted by molar-refractivity contribution is -0.385. The summed E-state index contributed by atoms with van der Waals surface area (Å²) in [6, 6.07) is 10.2. The maximum atomic E-state index is 13.0. The molecule has 2 aromatic carbocycles. The second kappa shape index (κ2) is 5.98. The summed E-state index contributed by atoms with van der Waals surface area (Å²) in [5, 5.41) is 10.6. The minimum absolute atomic E-state index is 0.108. The zero-order valence-electron chi connectivity index (χ0n) is 10.7. The van der Waals surface area contributed by atoms with Crippen LogP contribution < -0.4 is 4.72 Å². The first-order valence-corrected chi connectivity index (χ1v) is 7.35. The van der Waals surface area contributed by atoms with Crippen molar-refractivity contribution in [3.8, 4) is 0 Å². The van der Waals surface area contributed by atoms with E-state index in [0.29, 0.717) is 5.56 Å². The zero-order chi connectivity index (χ0) is 15.5. The molecule has 0 spiro atoms. The van der Waals surface area contributed by atoms with Crippen LogP contribution in [0.4, 0.5) is 10.1 Å². The van der Waals surface area contributed by atoms with Crippen molar-refractivity contribution in [2.75, 3.05) is 0 Å². The highest BCUT2D eigenvalue weighted by Gasteiger charge is 2.17. The Balaban J connectivity index is 2.19. The minimum Gasteiger partial charge on any atom is -0.258 e. The molecule has 110 valence electrons. The number of nitrogens with zero attached hydrogens (tertiary/aromatic N) is 1. The van der Waals surface area contributed by atoms with Crippen molar-refractivity contribution < 1.29 is 17.7 Å². The van der Waals surface area contributed by atoms with Crippen molar-refractivity contribution in [3.05, 3.63) is 70.0 Å². The maximum absolute atomic E-state index is 13.0. The van der Waals surface area contributed by atoms with Crippen LogP contribution in [0.15, 0.2) is 53.4 Å². The van der Waals surface area contributed by atoms with E-state index in [9.17, 15) is 22.9 Å². The average molecular weight is 310 g/mol. The lowest BCUT2D eigenvalue weighted by Gasteiger charge is -2.07. The minimum atomic E-state index is -3.90. The summed E-state index contributed by atoms with van der Waals surface area (Å²) in [5.41, 5.74) is 0.132. The van der Waals surface area contributed by atoms with E-state index in [-0.39, 0.29) is 17.1 Å². The third kappa shape index (κ3) is 3.83. The van der Waals surface area contributed by atoms with Gasteiger partial charge in [0.05, 0.1) is 9.82 Å². The summed E-state index contributed by atoms with van der Waals surface area (Å²) >= 11 is 0. The summed E-state index contributed by atoms with van der Waals surface area (Å²) in [5.74, 6) is -0.470. The van der Waals surface area contributed by atoms with Gasteiger partial charge in [-0.3, -0.25) is 10.1 Å². The Bertz CT molecular complexity index is 777. The summed E-state index contributed by atoms with van der Waals surface area (Å²) < 4.78 is 39.3. The van der Waals surface area contributed by atoms with Crippen LogP contribution in [-0.4, -0.2) is 13.3 Å². The number of nitro benzene ring substituents is 1. The standard InChI is InChI=1S/C13H11FN2O4S/c14-11-4-1-3-10(7-11)9-15-21(19,20)13-6-2-5-12(8-13)16(17)18/h1-8,15H,9H2. The maximum Gasteiger partial charge on any atom is 0.270 e. The first-order chi connectivity index (χ1) is 9.88. The number of nitrogens with one attached hydrogen (secondary N) is 1. The van der Waals surface area contributed by atoms with E-state index < -0.39 is 20.8 Å². The average Bonchev–Trinajstić information content (AvgIpc) is 2.45. The number of hydrogen-bond donors (Lipinski definition) is 1. The highest BCUT2D eigenvalue weighted by Crippen LogP contribution is 2.17. The van der Waals surface area contributed by atoms with Gasteiger partial charge in [-0.1, -0.05) is 18.2 Å². The highest BCUT2D eigenvalue weighted by atomic mass is 32.2. The number of benzene rings is 2. The van der Waals surface area contributed by atoms with E-state index >= 15 is 0 Å². The van der Waals surface area contributed by atoms with Gasteiger partial charge in [0.15, 0.2) is 0 Å². The second-order valence-corrected chi connectivity index (χ2v) is 5.98. The molecule has 0 unspecified atom stereocenters. The topological polar surface area (TPSA) is 89.3 Å². The molecule has 0 bridgehead atoms. The summed E-state index contributed by atoms with van der Waals surface area (Å²) in [6.45, 7) is -0.108. The summed E-state index contributed by atoms with van der Waals surface area (Å²) in [7, 11) is -3.90. The number of non-ortho nitro benzene ring substituents is 1. The Morgan fingerprint density at radius 3 is 2.52 bits per heavy atom. The molecule has 0 atom stereocenters. The molecular weight excluding hydrogens is 299 g/mol. The quantitative estimate of drug-likeness (QED) is 0.677. The van der Waals surface area contributed by atoms with Crippen molar-refractivity contribution in [1.29, 1.82) is 0 Å². The summed E-state index contributed by atoms with van der Waals surface area (Å²) in [6.07, 6.45) is 0. The van der Waals surface area contributed by atoms with Gasteiger partial charge in [-0.25, -0.2) is 17.5 Å². The van der Waals surface area contributed by atoms with E-state index in [4.69, 9.17) is 0 Å². The van der Waals surface area contributed by atoms with Crippen LogP contribution in [0.3, 0.4) is 0 Å². The van der Waals surface area contributed by atoms with E-state index in [1.165, 1.54) is 36.4 Å². The molecule has 1 N–H and O–H groups in total. The fourth-order valence-electron chi connectivity index (χ4n) is 1.67. The molecule has 0 aliphatic heterocycles. The van der Waals surface area contributed by atoms with Crippen molar-refractivity contribution in [1.82, 2.24) is 4.72 Å². The van der Waals surface area contributed by atoms with Crippen molar-refractivity contribution in [2.45, 2.75) is 11.4 Å². The fourth-order valence-corrected chi connectivity index (χ4v) is 2.73. The van der Waals surface area contributed by atoms with Crippen LogP contribution in [0.1, 0.15) is 5.56 Å². The Labute approximate surface area is 120 Å². The Kier molecular flexibility index (Phi) is 4.29. The van der Waals surface area contributed by atoms with Crippen molar-refractivity contribution >= 4 is 15.7 Å². The predicted octanol–water partition coefficient (Wildman–Crippen LogP) is 2.21. The number of hydrogen-bond acceptors (Lipinski definition) is 4. The van der Waals surface area contributed by atoms with Crippen LogP contribution in [0, 0.1) is 15.9 Å². The molecule has 0 aliphatic carbocycles. The van der Waals surface area contributed by atoms with Crippen LogP contribution in [0.5, 0.6) is 0 Å². The third-order valence-electron chi connectivity index (χ3n) is 2.69. The number of rotatable bonds is 5. The van der Waals surface area contributed by atoms with E-state index in [2.05, 4.69) is 4.72 Å². The van der Waals surface area contributed by atoms with Crippen LogP contribution in [-0.2, 0) is 16.6 Å². The molecule has 6 nitrogen and oxygen atoms in total. The molecule has 8 heteroatoms. The Hall–Kier alpha value is -2.32. The van der Waals surface area contributed by atoms with E-state index in [1.54, 1.807) is 6.07 Å². The number of sulfonamides is 1. The lowest BCUT2D eigenvalue weighted by atomic mass is 10.2. The first-order valence-electron chi connectivity index (χ1n) is 5.87. The SMILES string of the molecule is O=[N+]([O-])c1cccc(S(=O)(=O)NCc2cccc(F)c2)c1. The number of halogens is 1. The van der Waals surface area contributed by atoms with Gasteiger partial charge in [0.1, 0.15) is 5.82 Å². The van der Waals surface area contributed by atoms with Gasteiger partial charge in [-0.15, -0.1) is 0 Å². The molecule has 0 aliphatic rings. The highest BCUT2D eigenvalue weighted by molar-refractivity contribution is 7.89. The van der Waals surface area contributed by atoms with E-state index in [0.717, 1.165) is 6.07 Å². The monoisotopic (exact) mass is 310 g/mol. The molecule has 0 saturated carbocycles. The molecular formula is C13H11FN2O4S. The fraction of sp³-hybridized carbons (Fsp3) is 0.0769. The van der Waals surface area contributed by atoms with Crippen molar-refractivity contribution in [2.24, 2.45) is 0 Å². The molecule has 2 aromatic rings. The van der Waals surface area contributed by atoms with Gasteiger partial charge in [0, 0.05) is 18.7 Å². The lowest BCUT2D eigenvalue weighted by Crippen LogP contribution is -2.23. The largest absolute Gasteiger partial charge is 0.270 e. The molecule has 2 rings (SSSR count). The van der Waals surface area contributed by atoms with Gasteiger partial charge >= 0.3 is 0 Å². The van der Waals surface area contributed by atoms with Gasteiger partial charge in [0.25, 0.3) is 5.69 Å². The molecule has 0 amide bonds. The van der Waals surface area contributed by atoms with Crippen LogP contribution >= 0.6 is 0 Å². The third-order valence-corrected chi connectivity index (χ3v) is 4.09. The first kappa shape index (κ1) is 15.1. The molecule has 0 aromatic heterocycles. The van der Waals surface area contributed by atoms with Gasteiger partial charge in [0.2, 0.25) is 10.0 Å².